The maximum absolute atomic E-state index is 9.40. The summed E-state index contributed by atoms with van der Waals surface area (Å²) in [5, 5.41) is 9.40. The van der Waals surface area contributed by atoms with E-state index < -0.39 is 0 Å². The van der Waals surface area contributed by atoms with Crippen LogP contribution in [0.4, 0.5) is 0 Å². The highest BCUT2D eigenvalue weighted by atomic mass is 16.3. The fraction of sp³-hybridized carbons (Fsp3) is 0.538. The van der Waals surface area contributed by atoms with E-state index in [1.165, 1.54) is 11.1 Å². The van der Waals surface area contributed by atoms with Crippen LogP contribution in [0.5, 0.6) is 0 Å². The molecule has 0 aromatic rings. The largest absolute Gasteiger partial charge is 0.393 e. The lowest BCUT2D eigenvalue weighted by atomic mass is 9.87. The average Bonchev–Trinajstić information content (AvgIpc) is 2.24. The number of allylic oxidation sites excluding steroid dienone is 4. The Morgan fingerprint density at radius 3 is 2.50 bits per heavy atom. The fourth-order valence-corrected chi connectivity index (χ4v) is 1.61. The van der Waals surface area contributed by atoms with Crippen LogP contribution in [0.15, 0.2) is 36.0 Å². The minimum Gasteiger partial charge on any atom is -0.393 e. The minimum atomic E-state index is -0.141. The number of hydrogen-bond donors (Lipinski definition) is 1. The van der Waals surface area contributed by atoms with Gasteiger partial charge in [0.25, 0.3) is 0 Å². The van der Waals surface area contributed by atoms with E-state index in [1.54, 1.807) is 0 Å². The van der Waals surface area contributed by atoms with E-state index in [9.17, 15) is 5.11 Å². The summed E-state index contributed by atoms with van der Waals surface area (Å²) in [7, 11) is 0. The topological polar surface area (TPSA) is 20.2 Å². The lowest BCUT2D eigenvalue weighted by molar-refractivity contribution is 0.158. The highest BCUT2D eigenvalue weighted by Crippen LogP contribution is 2.28. The van der Waals surface area contributed by atoms with Crippen LogP contribution < -0.4 is 0 Å². The molecule has 0 aromatic heterocycles. The molecule has 1 heteroatoms. The first-order valence-electron chi connectivity index (χ1n) is 5.43. The van der Waals surface area contributed by atoms with Crippen molar-refractivity contribution in [3.05, 3.63) is 36.0 Å². The zero-order valence-corrected chi connectivity index (χ0v) is 9.59. The Kier molecular flexibility index (Phi) is 7.13. The summed E-state index contributed by atoms with van der Waals surface area (Å²) in [5.74, 6) is 0. The van der Waals surface area contributed by atoms with Crippen molar-refractivity contribution in [2.45, 2.75) is 46.1 Å². The van der Waals surface area contributed by atoms with Gasteiger partial charge in [0.2, 0.25) is 0 Å². The van der Waals surface area contributed by atoms with Crippen molar-refractivity contribution in [2.24, 2.45) is 0 Å². The van der Waals surface area contributed by atoms with Gasteiger partial charge in [-0.3, -0.25) is 0 Å². The Labute approximate surface area is 87.8 Å². The molecule has 0 aromatic carbocycles. The van der Waals surface area contributed by atoms with Crippen molar-refractivity contribution >= 4 is 0 Å². The highest BCUT2D eigenvalue weighted by molar-refractivity contribution is 5.35. The van der Waals surface area contributed by atoms with Gasteiger partial charge in [-0.25, -0.2) is 0 Å². The summed E-state index contributed by atoms with van der Waals surface area (Å²) in [4.78, 5) is 0. The quantitative estimate of drug-likeness (QED) is 0.676. The molecule has 1 N–H and O–H groups in total. The van der Waals surface area contributed by atoms with E-state index in [1.807, 2.05) is 32.9 Å². The summed E-state index contributed by atoms with van der Waals surface area (Å²) in [5.41, 5.74) is 2.60. The van der Waals surface area contributed by atoms with E-state index in [-0.39, 0.29) is 6.10 Å². The Morgan fingerprint density at radius 2 is 2.00 bits per heavy atom. The van der Waals surface area contributed by atoms with Crippen molar-refractivity contribution in [3.63, 3.8) is 0 Å². The molecule has 1 rings (SSSR count). The first-order valence-corrected chi connectivity index (χ1v) is 5.43. The molecule has 0 spiro atoms. The maximum atomic E-state index is 9.40. The zero-order valence-electron chi connectivity index (χ0n) is 9.59. The summed E-state index contributed by atoms with van der Waals surface area (Å²) in [6, 6.07) is 0. The third-order valence-electron chi connectivity index (χ3n) is 2.28. The summed E-state index contributed by atoms with van der Waals surface area (Å²) >= 11 is 0. The van der Waals surface area contributed by atoms with Gasteiger partial charge in [0.05, 0.1) is 6.10 Å². The van der Waals surface area contributed by atoms with Crippen LogP contribution in [-0.2, 0) is 0 Å². The second-order valence-corrected chi connectivity index (χ2v) is 3.14. The fourth-order valence-electron chi connectivity index (χ4n) is 1.61. The van der Waals surface area contributed by atoms with Gasteiger partial charge in [-0.15, -0.1) is 0 Å². The van der Waals surface area contributed by atoms with Gasteiger partial charge in [-0.1, -0.05) is 38.7 Å². The minimum absolute atomic E-state index is 0.141. The molecular weight excluding hydrogens is 172 g/mol. The summed E-state index contributed by atoms with van der Waals surface area (Å²) < 4.78 is 0. The van der Waals surface area contributed by atoms with Gasteiger partial charge >= 0.3 is 0 Å². The van der Waals surface area contributed by atoms with Gasteiger partial charge in [0, 0.05) is 0 Å². The third kappa shape index (κ3) is 3.93. The molecule has 1 atom stereocenters. The van der Waals surface area contributed by atoms with Crippen LogP contribution in [0, 0.1) is 0 Å². The smallest absolute Gasteiger partial charge is 0.0583 e. The molecule has 1 saturated carbocycles. The molecule has 80 valence electrons. The molecule has 14 heavy (non-hydrogen) atoms. The number of aliphatic hydroxyl groups excluding tert-OH is 1. The number of rotatable bonds is 1. The molecule has 0 bridgehead atoms. The second-order valence-electron chi connectivity index (χ2n) is 3.14. The first kappa shape index (κ1) is 13.2. The summed E-state index contributed by atoms with van der Waals surface area (Å²) in [6.45, 7) is 9.69. The monoisotopic (exact) mass is 194 g/mol. The number of hydrogen-bond acceptors (Lipinski definition) is 1. The van der Waals surface area contributed by atoms with E-state index in [0.717, 1.165) is 19.3 Å². The Balaban J connectivity index is 0.000000791. The van der Waals surface area contributed by atoms with E-state index in [4.69, 9.17) is 0 Å². The molecule has 0 radical (unpaired) electrons. The predicted molar refractivity (Wildman–Crippen MR) is 63.2 cm³/mol. The molecule has 0 saturated heterocycles. The average molecular weight is 194 g/mol. The second kappa shape index (κ2) is 7.57. The van der Waals surface area contributed by atoms with E-state index in [2.05, 4.69) is 12.7 Å². The van der Waals surface area contributed by atoms with Crippen LogP contribution in [0.2, 0.25) is 0 Å². The summed E-state index contributed by atoms with van der Waals surface area (Å²) in [6.07, 6.45) is 8.47. The van der Waals surface area contributed by atoms with Gasteiger partial charge in [-0.2, -0.15) is 0 Å². The molecule has 1 aliphatic carbocycles. The van der Waals surface area contributed by atoms with Gasteiger partial charge in [-0.05, 0) is 37.3 Å². The van der Waals surface area contributed by atoms with Crippen LogP contribution in [0.25, 0.3) is 0 Å². The van der Waals surface area contributed by atoms with Crippen LogP contribution in [0.1, 0.15) is 40.0 Å². The lowest BCUT2D eigenvalue weighted by Crippen LogP contribution is -2.14. The normalized spacial score (nSPS) is 27.0. The van der Waals surface area contributed by atoms with Gasteiger partial charge < -0.3 is 5.11 Å². The molecule has 0 amide bonds. The third-order valence-corrected chi connectivity index (χ3v) is 2.28. The molecular formula is C13H22O. The Bertz CT molecular complexity index is 223. The van der Waals surface area contributed by atoms with Gasteiger partial charge in [0.15, 0.2) is 0 Å². The maximum Gasteiger partial charge on any atom is 0.0583 e. The van der Waals surface area contributed by atoms with E-state index >= 15 is 0 Å². The molecule has 1 fully saturated rings. The van der Waals surface area contributed by atoms with Crippen LogP contribution in [0.3, 0.4) is 0 Å². The molecule has 1 aliphatic rings. The SMILES string of the molecule is C=C/C=C1/CCC(O)C/C1=C/C.CC. The Hall–Kier alpha value is -0.820. The first-order chi connectivity index (χ1) is 6.77. The van der Waals surface area contributed by atoms with Crippen molar-refractivity contribution in [2.75, 3.05) is 0 Å². The Morgan fingerprint density at radius 1 is 1.36 bits per heavy atom. The molecule has 1 nitrogen and oxygen atoms in total. The predicted octanol–water partition coefficient (Wildman–Crippen LogP) is 3.62. The molecule has 1 unspecified atom stereocenters. The van der Waals surface area contributed by atoms with Crippen molar-refractivity contribution < 1.29 is 5.11 Å². The highest BCUT2D eigenvalue weighted by Gasteiger charge is 2.16. The van der Waals surface area contributed by atoms with Crippen molar-refractivity contribution in [1.29, 1.82) is 0 Å². The van der Waals surface area contributed by atoms with E-state index in [0.29, 0.717) is 0 Å². The lowest BCUT2D eigenvalue weighted by Gasteiger charge is -2.22. The van der Waals surface area contributed by atoms with Crippen molar-refractivity contribution in [3.8, 4) is 0 Å². The standard InChI is InChI=1S/C11H16O.C2H6/c1-3-5-10-6-7-11(12)8-9(10)4-2;1-2/h3-5,11-12H,1,6-8H2,2H3;1-2H3/b9-4-,10-5-;. The van der Waals surface area contributed by atoms with Crippen molar-refractivity contribution in [1.82, 2.24) is 0 Å². The number of aliphatic hydroxyl groups is 1. The van der Waals surface area contributed by atoms with Crippen LogP contribution in [-0.4, -0.2) is 11.2 Å². The van der Waals surface area contributed by atoms with Gasteiger partial charge in [0.1, 0.15) is 0 Å². The molecule has 0 heterocycles. The zero-order chi connectivity index (χ0) is 11.0. The molecule has 0 aliphatic heterocycles. The van der Waals surface area contributed by atoms with Crippen LogP contribution >= 0.6 is 0 Å².